The van der Waals surface area contributed by atoms with Crippen LogP contribution in [0.2, 0.25) is 0 Å². The Bertz CT molecular complexity index is 1510. The standard InChI is InChI=1S/C27H25FN6O2/c1-3-33-15-20(24-25(29)30-16-31-26(24)33)10-9-19-14-22(21(28)13-17(19)2)32-27(35)34-23(11-12-36-34)18-7-5-4-6-8-18/h4-8,13-16,23H,3,11-12H2,1-2H3,(H,32,35)(H2,29,30,31)/t23-/m1/s1. The minimum absolute atomic E-state index is 0.0241. The molecule has 9 heteroatoms. The number of aryl methyl sites for hydroxylation is 2. The molecule has 4 aromatic rings. The van der Waals surface area contributed by atoms with Gasteiger partial charge in [-0.25, -0.2) is 19.2 Å². The molecule has 182 valence electrons. The summed E-state index contributed by atoms with van der Waals surface area (Å²) in [4.78, 5) is 27.0. The topological polar surface area (TPSA) is 98.3 Å². The lowest BCUT2D eigenvalue weighted by atomic mass is 10.1. The Kier molecular flexibility index (Phi) is 6.27. The van der Waals surface area contributed by atoms with Crippen molar-refractivity contribution in [1.29, 1.82) is 0 Å². The maximum atomic E-state index is 14.8. The van der Waals surface area contributed by atoms with Gasteiger partial charge in [0, 0.05) is 24.7 Å². The molecule has 5 rings (SSSR count). The first kappa shape index (κ1) is 23.3. The molecule has 1 aliphatic heterocycles. The molecule has 1 saturated heterocycles. The van der Waals surface area contributed by atoms with E-state index in [1.54, 1.807) is 6.92 Å². The molecule has 2 aromatic heterocycles. The number of benzene rings is 2. The van der Waals surface area contributed by atoms with Crippen molar-refractivity contribution < 1.29 is 14.0 Å². The number of amides is 2. The maximum Gasteiger partial charge on any atom is 0.346 e. The van der Waals surface area contributed by atoms with Gasteiger partial charge in [-0.3, -0.25) is 4.84 Å². The van der Waals surface area contributed by atoms with Crippen molar-refractivity contribution in [3.8, 4) is 11.8 Å². The maximum absolute atomic E-state index is 14.8. The Balaban J connectivity index is 1.43. The van der Waals surface area contributed by atoms with Crippen molar-refractivity contribution in [2.45, 2.75) is 32.9 Å². The number of hydrogen-bond donors (Lipinski definition) is 2. The van der Waals surface area contributed by atoms with Crippen LogP contribution in [-0.4, -0.2) is 32.2 Å². The van der Waals surface area contributed by atoms with E-state index in [1.807, 2.05) is 48.0 Å². The lowest BCUT2D eigenvalue weighted by Crippen LogP contribution is -2.33. The van der Waals surface area contributed by atoms with Gasteiger partial charge in [0.2, 0.25) is 0 Å². The second-order valence-electron chi connectivity index (χ2n) is 8.49. The van der Waals surface area contributed by atoms with E-state index in [-0.39, 0.29) is 11.7 Å². The van der Waals surface area contributed by atoms with Crippen LogP contribution in [0.3, 0.4) is 0 Å². The molecular weight excluding hydrogens is 459 g/mol. The van der Waals surface area contributed by atoms with Crippen molar-refractivity contribution in [2.24, 2.45) is 0 Å². The van der Waals surface area contributed by atoms with Crippen LogP contribution >= 0.6 is 0 Å². The Hall–Kier alpha value is -4.42. The predicted molar refractivity (Wildman–Crippen MR) is 135 cm³/mol. The van der Waals surface area contributed by atoms with Crippen molar-refractivity contribution >= 4 is 28.6 Å². The van der Waals surface area contributed by atoms with E-state index in [0.717, 1.165) is 5.56 Å². The molecule has 0 radical (unpaired) electrons. The van der Waals surface area contributed by atoms with E-state index in [9.17, 15) is 9.18 Å². The summed E-state index contributed by atoms with van der Waals surface area (Å²) < 4.78 is 16.8. The minimum Gasteiger partial charge on any atom is -0.383 e. The quantitative estimate of drug-likeness (QED) is 0.408. The summed E-state index contributed by atoms with van der Waals surface area (Å²) in [6, 6.07) is 11.7. The highest BCUT2D eigenvalue weighted by Crippen LogP contribution is 2.31. The summed E-state index contributed by atoms with van der Waals surface area (Å²) in [6.07, 6.45) is 3.95. The number of rotatable bonds is 3. The molecule has 1 fully saturated rings. The first-order chi connectivity index (χ1) is 17.5. The molecule has 1 aliphatic rings. The minimum atomic E-state index is -0.554. The zero-order valence-corrected chi connectivity index (χ0v) is 20.0. The van der Waals surface area contributed by atoms with Crippen LogP contribution in [0.4, 0.5) is 20.7 Å². The number of nitrogens with two attached hydrogens (primary N) is 1. The molecule has 0 saturated carbocycles. The van der Waals surface area contributed by atoms with E-state index in [2.05, 4.69) is 27.1 Å². The number of nitrogens with zero attached hydrogens (tertiary/aromatic N) is 4. The summed E-state index contributed by atoms with van der Waals surface area (Å²) in [7, 11) is 0. The average molecular weight is 485 g/mol. The SMILES string of the molecule is CCn1cc(C#Cc2cc(NC(=O)N3OCC[C@@H]3c3ccccc3)c(F)cc2C)c2c(N)ncnc21. The number of anilines is 2. The van der Waals surface area contributed by atoms with Gasteiger partial charge in [0.1, 0.15) is 23.6 Å². The fraction of sp³-hybridized carbons (Fsp3) is 0.222. The molecule has 3 N–H and O–H groups in total. The molecule has 2 aromatic carbocycles. The largest absolute Gasteiger partial charge is 0.383 e. The van der Waals surface area contributed by atoms with E-state index in [1.165, 1.54) is 23.5 Å². The molecule has 36 heavy (non-hydrogen) atoms. The van der Waals surface area contributed by atoms with Gasteiger partial charge in [0.05, 0.1) is 29.3 Å². The monoisotopic (exact) mass is 484 g/mol. The summed E-state index contributed by atoms with van der Waals surface area (Å²) >= 11 is 0. The van der Waals surface area contributed by atoms with Crippen molar-refractivity contribution in [3.05, 3.63) is 83.1 Å². The van der Waals surface area contributed by atoms with Gasteiger partial charge in [0.25, 0.3) is 0 Å². The van der Waals surface area contributed by atoms with Crippen LogP contribution in [0.25, 0.3) is 11.0 Å². The molecule has 0 aliphatic carbocycles. The third kappa shape index (κ3) is 4.34. The van der Waals surface area contributed by atoms with Gasteiger partial charge in [-0.1, -0.05) is 42.2 Å². The molecule has 2 amide bonds. The number of hydroxylamine groups is 2. The first-order valence-electron chi connectivity index (χ1n) is 11.7. The lowest BCUT2D eigenvalue weighted by molar-refractivity contribution is -0.0830. The van der Waals surface area contributed by atoms with Crippen molar-refractivity contribution in [2.75, 3.05) is 17.7 Å². The first-order valence-corrected chi connectivity index (χ1v) is 11.7. The molecule has 1 atom stereocenters. The number of fused-ring (bicyclic) bond motifs is 1. The fourth-order valence-electron chi connectivity index (χ4n) is 4.34. The summed E-state index contributed by atoms with van der Waals surface area (Å²) in [5, 5.41) is 4.59. The van der Waals surface area contributed by atoms with E-state index < -0.39 is 11.8 Å². The lowest BCUT2D eigenvalue weighted by Gasteiger charge is -2.23. The number of carbonyl (C=O) groups is 1. The van der Waals surface area contributed by atoms with Crippen LogP contribution in [-0.2, 0) is 11.4 Å². The van der Waals surface area contributed by atoms with Crippen LogP contribution in [0.1, 0.15) is 41.6 Å². The highest BCUT2D eigenvalue weighted by molar-refractivity contribution is 5.92. The van der Waals surface area contributed by atoms with Gasteiger partial charge >= 0.3 is 6.03 Å². The van der Waals surface area contributed by atoms with E-state index in [4.69, 9.17) is 10.6 Å². The number of nitrogens with one attached hydrogen (secondary N) is 1. The smallest absolute Gasteiger partial charge is 0.346 e. The highest BCUT2D eigenvalue weighted by atomic mass is 19.1. The third-order valence-electron chi connectivity index (χ3n) is 6.20. The molecule has 0 spiro atoms. The Morgan fingerprint density at radius 3 is 2.78 bits per heavy atom. The normalized spacial score (nSPS) is 15.1. The van der Waals surface area contributed by atoms with Crippen LogP contribution < -0.4 is 11.1 Å². The fourth-order valence-corrected chi connectivity index (χ4v) is 4.34. The third-order valence-corrected chi connectivity index (χ3v) is 6.20. The van der Waals surface area contributed by atoms with Crippen LogP contribution in [0.5, 0.6) is 0 Å². The zero-order valence-electron chi connectivity index (χ0n) is 20.0. The second kappa shape index (κ2) is 9.68. The van der Waals surface area contributed by atoms with Crippen molar-refractivity contribution in [1.82, 2.24) is 19.6 Å². The van der Waals surface area contributed by atoms with Crippen LogP contribution in [0.15, 0.2) is 55.0 Å². The van der Waals surface area contributed by atoms with Gasteiger partial charge < -0.3 is 15.6 Å². The second-order valence-corrected chi connectivity index (χ2v) is 8.49. The number of aromatic nitrogens is 3. The number of halogens is 1. The average Bonchev–Trinajstić information content (AvgIpc) is 3.51. The molecule has 0 unspecified atom stereocenters. The number of nitrogen functional groups attached to an aromatic ring is 1. The molecule has 8 nitrogen and oxygen atoms in total. The number of carbonyl (C=O) groups excluding carboxylic acids is 1. The molecule has 0 bridgehead atoms. The predicted octanol–water partition coefficient (Wildman–Crippen LogP) is 4.79. The summed E-state index contributed by atoms with van der Waals surface area (Å²) in [5.74, 6) is 6.01. The molecular formula is C27H25FN6O2. The van der Waals surface area contributed by atoms with E-state index in [0.29, 0.717) is 53.1 Å². The summed E-state index contributed by atoms with van der Waals surface area (Å²) in [5.41, 5.74) is 9.66. The Labute approximate surface area is 207 Å². The Morgan fingerprint density at radius 1 is 1.22 bits per heavy atom. The molecule has 3 heterocycles. The van der Waals surface area contributed by atoms with Gasteiger partial charge in [-0.2, -0.15) is 5.06 Å². The van der Waals surface area contributed by atoms with Crippen LogP contribution in [0, 0.1) is 24.6 Å². The van der Waals surface area contributed by atoms with Crippen molar-refractivity contribution in [3.63, 3.8) is 0 Å². The van der Waals surface area contributed by atoms with Gasteiger partial charge in [0.15, 0.2) is 0 Å². The van der Waals surface area contributed by atoms with E-state index >= 15 is 0 Å². The number of urea groups is 1. The Morgan fingerprint density at radius 2 is 2.00 bits per heavy atom. The highest BCUT2D eigenvalue weighted by Gasteiger charge is 2.32. The number of hydrogen-bond acceptors (Lipinski definition) is 5. The van der Waals surface area contributed by atoms with Gasteiger partial charge in [-0.15, -0.1) is 0 Å². The zero-order chi connectivity index (χ0) is 25.2. The summed E-state index contributed by atoms with van der Waals surface area (Å²) in [6.45, 7) is 4.86. The van der Waals surface area contributed by atoms with Gasteiger partial charge in [-0.05, 0) is 37.1 Å².